The highest BCUT2D eigenvalue weighted by Crippen LogP contribution is 2.45. The fourth-order valence-corrected chi connectivity index (χ4v) is 6.21. The van der Waals surface area contributed by atoms with E-state index in [4.69, 9.17) is 16.5 Å². The Labute approximate surface area is 206 Å². The van der Waals surface area contributed by atoms with Crippen LogP contribution >= 0.6 is 31.6 Å². The number of hydrogen-bond acceptors (Lipinski definition) is 4. The van der Waals surface area contributed by atoms with Gasteiger partial charge in [-0.15, -0.1) is 21.2 Å². The zero-order valence-corrected chi connectivity index (χ0v) is 21.4. The number of unbranched alkanes of at least 4 members (excludes halogenated alkanes) is 1. The van der Waals surface area contributed by atoms with Crippen LogP contribution in [0.1, 0.15) is 62.5 Å². The predicted octanol–water partition coefficient (Wildman–Crippen LogP) is 7.40. The summed E-state index contributed by atoms with van der Waals surface area (Å²) >= 11 is 8.30. The van der Waals surface area contributed by atoms with Gasteiger partial charge < -0.3 is 5.32 Å². The monoisotopic (exact) mass is 512 g/mol. The van der Waals surface area contributed by atoms with Gasteiger partial charge in [0, 0.05) is 16.0 Å². The predicted molar refractivity (Wildman–Crippen MR) is 135 cm³/mol. The van der Waals surface area contributed by atoms with Crippen LogP contribution in [-0.2, 0) is 21.0 Å². The van der Waals surface area contributed by atoms with Crippen LogP contribution in [-0.4, -0.2) is 23.8 Å². The molecule has 1 aliphatic rings. The van der Waals surface area contributed by atoms with Crippen LogP contribution in [0.15, 0.2) is 47.4 Å². The maximum Gasteiger partial charge on any atom is 0.694 e. The van der Waals surface area contributed by atoms with E-state index in [1.54, 1.807) is 23.9 Å². The van der Waals surface area contributed by atoms with Crippen LogP contribution < -0.4 is 5.32 Å². The van der Waals surface area contributed by atoms with Crippen molar-refractivity contribution in [1.82, 2.24) is 5.32 Å². The van der Waals surface area contributed by atoms with Crippen LogP contribution in [0.4, 0.5) is 4.39 Å². The van der Waals surface area contributed by atoms with Crippen molar-refractivity contribution in [3.8, 4) is 0 Å². The summed E-state index contributed by atoms with van der Waals surface area (Å²) < 4.78 is 28.4. The summed E-state index contributed by atoms with van der Waals surface area (Å²) in [6.07, 6.45) is 9.08. The molecule has 0 saturated heterocycles. The Bertz CT molecular complexity index is 894. The highest BCUT2D eigenvalue weighted by Gasteiger charge is 2.34. The van der Waals surface area contributed by atoms with Gasteiger partial charge in [0.2, 0.25) is 0 Å². The SMILES string of the molecule is O=[P+](O)OCCCNCc1ccc(SCCCCC2(c3ccc(F)cc3)CCCC2)c(Cl)c1. The van der Waals surface area contributed by atoms with E-state index >= 15 is 0 Å². The van der Waals surface area contributed by atoms with Gasteiger partial charge >= 0.3 is 8.25 Å². The van der Waals surface area contributed by atoms with E-state index in [1.807, 2.05) is 18.2 Å². The van der Waals surface area contributed by atoms with Gasteiger partial charge in [-0.05, 0) is 85.2 Å². The van der Waals surface area contributed by atoms with Crippen LogP contribution in [0.2, 0.25) is 5.02 Å². The second kappa shape index (κ2) is 13.8. The fraction of sp³-hybridized carbons (Fsp3) is 0.520. The molecule has 2 N–H and O–H groups in total. The van der Waals surface area contributed by atoms with Crippen molar-refractivity contribution in [3.05, 3.63) is 64.4 Å². The first-order chi connectivity index (χ1) is 16.0. The third kappa shape index (κ3) is 8.61. The van der Waals surface area contributed by atoms with Gasteiger partial charge in [0.25, 0.3) is 0 Å². The van der Waals surface area contributed by atoms with Crippen LogP contribution in [0.25, 0.3) is 0 Å². The lowest BCUT2D eigenvalue weighted by atomic mass is 9.75. The lowest BCUT2D eigenvalue weighted by molar-refractivity contribution is 0.276. The van der Waals surface area contributed by atoms with Gasteiger partial charge in [-0.1, -0.05) is 49.1 Å². The van der Waals surface area contributed by atoms with Crippen molar-refractivity contribution in [2.45, 2.75) is 68.2 Å². The molecule has 1 unspecified atom stereocenters. The minimum Gasteiger partial charge on any atom is -0.313 e. The third-order valence-electron chi connectivity index (χ3n) is 6.35. The van der Waals surface area contributed by atoms with Gasteiger partial charge in [-0.3, -0.25) is 0 Å². The van der Waals surface area contributed by atoms with Crippen LogP contribution in [0, 0.1) is 5.82 Å². The Morgan fingerprint density at radius 1 is 1.12 bits per heavy atom. The molecule has 2 aromatic rings. The van der Waals surface area contributed by atoms with E-state index in [9.17, 15) is 8.96 Å². The molecule has 0 bridgehead atoms. The summed E-state index contributed by atoms with van der Waals surface area (Å²) in [6, 6.07) is 13.3. The molecule has 0 aromatic heterocycles. The van der Waals surface area contributed by atoms with Gasteiger partial charge in [0.05, 0.1) is 5.02 Å². The average molecular weight is 513 g/mol. The van der Waals surface area contributed by atoms with Crippen molar-refractivity contribution in [1.29, 1.82) is 0 Å². The molecule has 33 heavy (non-hydrogen) atoms. The molecule has 1 atom stereocenters. The maximum atomic E-state index is 13.4. The van der Waals surface area contributed by atoms with E-state index in [-0.39, 0.29) is 17.8 Å². The molecule has 0 radical (unpaired) electrons. The van der Waals surface area contributed by atoms with Crippen LogP contribution in [0.3, 0.4) is 0 Å². The molecule has 180 valence electrons. The smallest absolute Gasteiger partial charge is 0.313 e. The summed E-state index contributed by atoms with van der Waals surface area (Å²) in [4.78, 5) is 9.70. The molecule has 1 saturated carbocycles. The lowest BCUT2D eigenvalue weighted by Crippen LogP contribution is -2.22. The number of hydrogen-bond donors (Lipinski definition) is 2. The summed E-state index contributed by atoms with van der Waals surface area (Å²) in [5.41, 5.74) is 2.64. The molecular formula is C25H33ClFNO3PS+. The number of rotatable bonds is 14. The normalized spacial score (nSPS) is 15.7. The van der Waals surface area contributed by atoms with Crippen molar-refractivity contribution < 1.29 is 18.4 Å². The molecule has 0 amide bonds. The summed E-state index contributed by atoms with van der Waals surface area (Å²) in [5.74, 6) is 0.873. The maximum absolute atomic E-state index is 13.4. The second-order valence-corrected chi connectivity index (χ2v) is 10.9. The molecule has 3 rings (SSSR count). The van der Waals surface area contributed by atoms with Crippen molar-refractivity contribution in [2.24, 2.45) is 0 Å². The molecular weight excluding hydrogens is 480 g/mol. The van der Waals surface area contributed by atoms with E-state index in [1.165, 1.54) is 31.2 Å². The number of halogens is 2. The summed E-state index contributed by atoms with van der Waals surface area (Å²) in [6.45, 7) is 1.66. The highest BCUT2D eigenvalue weighted by atomic mass is 35.5. The molecule has 1 fully saturated rings. The first kappa shape index (κ1) is 26.6. The summed E-state index contributed by atoms with van der Waals surface area (Å²) in [5, 5.41) is 4.06. The van der Waals surface area contributed by atoms with E-state index < -0.39 is 8.25 Å². The number of thioether (sulfide) groups is 1. The fourth-order valence-electron chi connectivity index (χ4n) is 4.63. The Hall–Kier alpha value is -1.01. The van der Waals surface area contributed by atoms with E-state index in [0.29, 0.717) is 19.5 Å². The standard InChI is InChI=1S/C25H32ClFNO3PS/c26-23-18-20(19-28-15-5-16-31-32(29)30)6-11-24(23)33-17-4-3-14-25(12-1-2-13-25)21-7-9-22(27)10-8-21/h6-11,18,28H,1-5,12-17,19H2/p+1. The molecule has 2 aromatic carbocycles. The number of nitrogens with one attached hydrogen (secondary N) is 1. The van der Waals surface area contributed by atoms with Gasteiger partial charge in [-0.2, -0.15) is 0 Å². The quantitative estimate of drug-likeness (QED) is 0.157. The summed E-state index contributed by atoms with van der Waals surface area (Å²) in [7, 11) is -2.51. The molecule has 0 spiro atoms. The third-order valence-corrected chi connectivity index (χ3v) is 8.34. The largest absolute Gasteiger partial charge is 0.694 e. The number of benzene rings is 2. The van der Waals surface area contributed by atoms with Gasteiger partial charge in [-0.25, -0.2) is 4.39 Å². The minimum absolute atomic E-state index is 0.159. The first-order valence-corrected chi connectivity index (χ1v) is 14.1. The van der Waals surface area contributed by atoms with E-state index in [2.05, 4.69) is 22.0 Å². The first-order valence-electron chi connectivity index (χ1n) is 11.7. The Morgan fingerprint density at radius 2 is 1.88 bits per heavy atom. The average Bonchev–Trinajstić information content (AvgIpc) is 3.27. The lowest BCUT2D eigenvalue weighted by Gasteiger charge is -2.30. The molecule has 8 heteroatoms. The van der Waals surface area contributed by atoms with Crippen LogP contribution in [0.5, 0.6) is 0 Å². The molecule has 1 aliphatic carbocycles. The zero-order chi connectivity index (χ0) is 23.5. The topological polar surface area (TPSA) is 58.6 Å². The Kier molecular flexibility index (Phi) is 11.1. The van der Waals surface area contributed by atoms with E-state index in [0.717, 1.165) is 40.5 Å². The Morgan fingerprint density at radius 3 is 2.58 bits per heavy atom. The second-order valence-electron chi connectivity index (χ2n) is 8.67. The van der Waals surface area contributed by atoms with Gasteiger partial charge in [0.1, 0.15) is 12.4 Å². The Balaban J connectivity index is 1.38. The van der Waals surface area contributed by atoms with Gasteiger partial charge in [0.15, 0.2) is 0 Å². The van der Waals surface area contributed by atoms with Crippen molar-refractivity contribution in [3.63, 3.8) is 0 Å². The molecule has 0 aliphatic heterocycles. The zero-order valence-electron chi connectivity index (χ0n) is 18.9. The minimum atomic E-state index is -2.51. The molecule has 4 nitrogen and oxygen atoms in total. The highest BCUT2D eigenvalue weighted by molar-refractivity contribution is 7.99. The van der Waals surface area contributed by atoms with Crippen molar-refractivity contribution >= 4 is 31.6 Å². The van der Waals surface area contributed by atoms with Crippen molar-refractivity contribution in [2.75, 3.05) is 18.9 Å². The molecule has 0 heterocycles.